The molecule has 1 atom stereocenters. The highest BCUT2D eigenvalue weighted by molar-refractivity contribution is 5.76. The molecule has 0 fully saturated rings. The molecule has 1 aromatic rings. The summed E-state index contributed by atoms with van der Waals surface area (Å²) in [5, 5.41) is 0. The molecule has 0 radical (unpaired) electrons. The fraction of sp³-hybridized carbons (Fsp3) is 0.364. The van der Waals surface area contributed by atoms with Crippen LogP contribution < -0.4 is 5.73 Å². The molecule has 15 heavy (non-hydrogen) atoms. The monoisotopic (exact) mass is 210 g/mol. The lowest BCUT2D eigenvalue weighted by Gasteiger charge is -2.15. The van der Waals surface area contributed by atoms with Gasteiger partial charge < -0.3 is 10.6 Å². The van der Waals surface area contributed by atoms with Gasteiger partial charge in [0, 0.05) is 26.6 Å². The lowest BCUT2D eigenvalue weighted by atomic mass is 10.0. The second-order valence-electron chi connectivity index (χ2n) is 3.65. The quantitative estimate of drug-likeness (QED) is 0.817. The van der Waals surface area contributed by atoms with Crippen LogP contribution in [0.1, 0.15) is 18.0 Å². The number of rotatable bonds is 3. The van der Waals surface area contributed by atoms with Gasteiger partial charge in [-0.25, -0.2) is 4.39 Å². The van der Waals surface area contributed by atoms with Crippen LogP contribution in [0.5, 0.6) is 0 Å². The zero-order valence-corrected chi connectivity index (χ0v) is 8.90. The molecule has 0 aliphatic heterocycles. The van der Waals surface area contributed by atoms with Crippen LogP contribution in [0.15, 0.2) is 24.3 Å². The van der Waals surface area contributed by atoms with Gasteiger partial charge >= 0.3 is 0 Å². The Morgan fingerprint density at radius 2 is 1.93 bits per heavy atom. The average Bonchev–Trinajstić information content (AvgIpc) is 2.18. The maximum atomic E-state index is 12.6. The van der Waals surface area contributed by atoms with Gasteiger partial charge in [-0.3, -0.25) is 4.79 Å². The van der Waals surface area contributed by atoms with Crippen LogP contribution in [-0.2, 0) is 4.79 Å². The normalized spacial score (nSPS) is 12.3. The van der Waals surface area contributed by atoms with Crippen LogP contribution in [0, 0.1) is 5.82 Å². The van der Waals surface area contributed by atoms with Crippen molar-refractivity contribution < 1.29 is 9.18 Å². The Hall–Kier alpha value is -1.42. The van der Waals surface area contributed by atoms with E-state index < -0.39 is 0 Å². The van der Waals surface area contributed by atoms with Crippen molar-refractivity contribution >= 4 is 5.91 Å². The fourth-order valence-electron chi connectivity index (χ4n) is 1.20. The summed E-state index contributed by atoms with van der Waals surface area (Å²) in [7, 11) is 3.36. The van der Waals surface area contributed by atoms with Crippen molar-refractivity contribution in [2.75, 3.05) is 14.1 Å². The first kappa shape index (κ1) is 11.7. The number of nitrogens with two attached hydrogens (primary N) is 1. The molecular formula is C11H15FN2O. The molecule has 3 nitrogen and oxygen atoms in total. The number of amides is 1. The second kappa shape index (κ2) is 4.89. The maximum absolute atomic E-state index is 12.6. The summed E-state index contributed by atoms with van der Waals surface area (Å²) in [6, 6.07) is 5.51. The van der Waals surface area contributed by atoms with E-state index in [1.807, 2.05) is 0 Å². The van der Waals surface area contributed by atoms with Crippen LogP contribution in [0.25, 0.3) is 0 Å². The van der Waals surface area contributed by atoms with E-state index in [9.17, 15) is 9.18 Å². The lowest BCUT2D eigenvalue weighted by Crippen LogP contribution is -2.26. The Labute approximate surface area is 88.7 Å². The summed E-state index contributed by atoms with van der Waals surface area (Å²) >= 11 is 0. The molecule has 0 spiro atoms. The van der Waals surface area contributed by atoms with E-state index in [1.165, 1.54) is 17.0 Å². The number of halogens is 1. The molecule has 0 saturated carbocycles. The molecule has 0 aromatic heterocycles. The van der Waals surface area contributed by atoms with E-state index in [0.29, 0.717) is 0 Å². The van der Waals surface area contributed by atoms with Crippen LogP contribution in [-0.4, -0.2) is 24.9 Å². The minimum atomic E-state index is -0.375. The zero-order chi connectivity index (χ0) is 11.4. The predicted octanol–water partition coefficient (Wildman–Crippen LogP) is 1.30. The first-order valence-corrected chi connectivity index (χ1v) is 4.72. The third-order valence-electron chi connectivity index (χ3n) is 2.19. The maximum Gasteiger partial charge on any atom is 0.223 e. The highest BCUT2D eigenvalue weighted by Gasteiger charge is 2.12. The van der Waals surface area contributed by atoms with Crippen molar-refractivity contribution in [2.45, 2.75) is 12.5 Å². The van der Waals surface area contributed by atoms with Crippen molar-refractivity contribution in [3.05, 3.63) is 35.6 Å². The smallest absolute Gasteiger partial charge is 0.223 e. The number of carbonyl (C=O) groups excluding carboxylic acids is 1. The molecule has 1 amide bonds. The zero-order valence-electron chi connectivity index (χ0n) is 8.90. The van der Waals surface area contributed by atoms with Crippen LogP contribution in [0.2, 0.25) is 0 Å². The number of carbonyl (C=O) groups is 1. The third kappa shape index (κ3) is 3.32. The molecule has 0 saturated heterocycles. The predicted molar refractivity (Wildman–Crippen MR) is 56.6 cm³/mol. The van der Waals surface area contributed by atoms with Crippen LogP contribution in [0.3, 0.4) is 0 Å². The SMILES string of the molecule is CN(C)C(=O)CC(N)c1ccc(F)cc1. The molecule has 0 aliphatic carbocycles. The molecule has 82 valence electrons. The molecule has 4 heteroatoms. The standard InChI is InChI=1S/C11H15FN2O/c1-14(2)11(15)7-10(13)8-3-5-9(12)6-4-8/h3-6,10H,7,13H2,1-2H3. The van der Waals surface area contributed by atoms with Gasteiger partial charge in [0.15, 0.2) is 0 Å². The van der Waals surface area contributed by atoms with E-state index in [-0.39, 0.29) is 24.2 Å². The van der Waals surface area contributed by atoms with E-state index in [0.717, 1.165) is 5.56 Å². The summed E-state index contributed by atoms with van der Waals surface area (Å²) in [6.07, 6.45) is 0.235. The molecule has 0 bridgehead atoms. The Balaban J connectivity index is 2.65. The first-order chi connectivity index (χ1) is 7.00. The Bertz CT molecular complexity index is 335. The lowest BCUT2D eigenvalue weighted by molar-refractivity contribution is -0.129. The number of benzene rings is 1. The van der Waals surface area contributed by atoms with Crippen molar-refractivity contribution in [3.8, 4) is 0 Å². The topological polar surface area (TPSA) is 46.3 Å². The first-order valence-electron chi connectivity index (χ1n) is 4.72. The van der Waals surface area contributed by atoms with Gasteiger partial charge in [-0.15, -0.1) is 0 Å². The van der Waals surface area contributed by atoms with Crippen molar-refractivity contribution in [2.24, 2.45) is 5.73 Å². The summed E-state index contributed by atoms with van der Waals surface area (Å²) in [5.74, 6) is -0.336. The summed E-state index contributed by atoms with van der Waals surface area (Å²) in [5.41, 5.74) is 6.58. The van der Waals surface area contributed by atoms with Crippen molar-refractivity contribution in [3.63, 3.8) is 0 Å². The van der Waals surface area contributed by atoms with Gasteiger partial charge in [0.2, 0.25) is 5.91 Å². The van der Waals surface area contributed by atoms with Gasteiger partial charge in [0.05, 0.1) is 0 Å². The van der Waals surface area contributed by atoms with E-state index >= 15 is 0 Å². The molecule has 1 aromatic carbocycles. The molecule has 1 unspecified atom stereocenters. The Morgan fingerprint density at radius 1 is 1.40 bits per heavy atom. The summed E-state index contributed by atoms with van der Waals surface area (Å²) in [6.45, 7) is 0. The second-order valence-corrected chi connectivity index (χ2v) is 3.65. The van der Waals surface area contributed by atoms with Crippen LogP contribution >= 0.6 is 0 Å². The molecule has 2 N–H and O–H groups in total. The summed E-state index contributed by atoms with van der Waals surface area (Å²) < 4.78 is 12.6. The van der Waals surface area contributed by atoms with Crippen LogP contribution in [0.4, 0.5) is 4.39 Å². The van der Waals surface area contributed by atoms with E-state index in [1.54, 1.807) is 26.2 Å². The fourth-order valence-corrected chi connectivity index (χ4v) is 1.20. The van der Waals surface area contributed by atoms with Gasteiger partial charge in [0.1, 0.15) is 5.82 Å². The van der Waals surface area contributed by atoms with Gasteiger partial charge in [-0.2, -0.15) is 0 Å². The minimum absolute atomic E-state index is 0.0353. The van der Waals surface area contributed by atoms with E-state index in [2.05, 4.69) is 0 Å². The highest BCUT2D eigenvalue weighted by atomic mass is 19.1. The summed E-state index contributed by atoms with van der Waals surface area (Å²) in [4.78, 5) is 12.9. The number of hydrogen-bond acceptors (Lipinski definition) is 2. The largest absolute Gasteiger partial charge is 0.349 e. The van der Waals surface area contributed by atoms with E-state index in [4.69, 9.17) is 5.73 Å². The Kier molecular flexibility index (Phi) is 3.80. The molecule has 1 rings (SSSR count). The van der Waals surface area contributed by atoms with Crippen molar-refractivity contribution in [1.82, 2.24) is 4.90 Å². The Morgan fingerprint density at radius 3 is 2.40 bits per heavy atom. The van der Waals surface area contributed by atoms with Gasteiger partial charge in [-0.1, -0.05) is 12.1 Å². The van der Waals surface area contributed by atoms with Gasteiger partial charge in [0.25, 0.3) is 0 Å². The van der Waals surface area contributed by atoms with Crippen molar-refractivity contribution in [1.29, 1.82) is 0 Å². The molecular weight excluding hydrogens is 195 g/mol. The molecule has 0 aliphatic rings. The highest BCUT2D eigenvalue weighted by Crippen LogP contribution is 2.14. The third-order valence-corrected chi connectivity index (χ3v) is 2.19. The average molecular weight is 210 g/mol. The number of nitrogens with zero attached hydrogens (tertiary/aromatic N) is 1. The minimum Gasteiger partial charge on any atom is -0.349 e. The van der Waals surface area contributed by atoms with Gasteiger partial charge in [-0.05, 0) is 17.7 Å². The molecule has 0 heterocycles. The number of hydrogen-bond donors (Lipinski definition) is 1.